The van der Waals surface area contributed by atoms with Crippen LogP contribution in [0.25, 0.3) is 0 Å². The molecule has 0 aliphatic carbocycles. The van der Waals surface area contributed by atoms with E-state index in [0.29, 0.717) is 12.0 Å². The predicted molar refractivity (Wildman–Crippen MR) is 69.7 cm³/mol. The van der Waals surface area contributed by atoms with Crippen molar-refractivity contribution in [1.29, 1.82) is 0 Å². The second-order valence-electron chi connectivity index (χ2n) is 6.05. The van der Waals surface area contributed by atoms with Crippen LogP contribution in [0.2, 0.25) is 0 Å². The van der Waals surface area contributed by atoms with Crippen molar-refractivity contribution >= 4 is 0 Å². The Balaban J connectivity index is 2.53. The molecule has 1 fully saturated rings. The molecule has 0 spiro atoms. The summed E-state index contributed by atoms with van der Waals surface area (Å²) in [4.78, 5) is 0. The highest BCUT2D eigenvalue weighted by Crippen LogP contribution is 2.18. The van der Waals surface area contributed by atoms with E-state index in [4.69, 9.17) is 4.74 Å². The molecule has 2 heteroatoms. The molecule has 16 heavy (non-hydrogen) atoms. The molecule has 1 saturated heterocycles. The van der Waals surface area contributed by atoms with Gasteiger partial charge in [-0.05, 0) is 39.5 Å². The SMILES string of the molecule is CC(C)/C(=C\C1CCCO1)CNC(C)(C)C. The van der Waals surface area contributed by atoms with Gasteiger partial charge >= 0.3 is 0 Å². The van der Waals surface area contributed by atoms with Crippen molar-refractivity contribution < 1.29 is 4.74 Å². The lowest BCUT2D eigenvalue weighted by Gasteiger charge is -2.23. The molecule has 0 aromatic carbocycles. The van der Waals surface area contributed by atoms with Crippen LogP contribution < -0.4 is 5.32 Å². The summed E-state index contributed by atoms with van der Waals surface area (Å²) in [5.74, 6) is 0.596. The number of ether oxygens (including phenoxy) is 1. The van der Waals surface area contributed by atoms with Gasteiger partial charge in [0.05, 0.1) is 6.10 Å². The molecular weight excluding hydrogens is 198 g/mol. The fourth-order valence-corrected chi connectivity index (χ4v) is 1.80. The zero-order valence-corrected chi connectivity index (χ0v) is 11.5. The van der Waals surface area contributed by atoms with Crippen molar-refractivity contribution in [1.82, 2.24) is 5.32 Å². The summed E-state index contributed by atoms with van der Waals surface area (Å²) in [7, 11) is 0. The van der Waals surface area contributed by atoms with Gasteiger partial charge in [-0.1, -0.05) is 25.5 Å². The minimum absolute atomic E-state index is 0.185. The van der Waals surface area contributed by atoms with Crippen molar-refractivity contribution in [3.05, 3.63) is 11.6 Å². The topological polar surface area (TPSA) is 21.3 Å². The highest BCUT2D eigenvalue weighted by molar-refractivity contribution is 5.11. The van der Waals surface area contributed by atoms with Crippen LogP contribution in [0.3, 0.4) is 0 Å². The highest BCUT2D eigenvalue weighted by atomic mass is 16.5. The molecule has 0 bridgehead atoms. The fourth-order valence-electron chi connectivity index (χ4n) is 1.80. The first-order valence-corrected chi connectivity index (χ1v) is 6.46. The largest absolute Gasteiger partial charge is 0.374 e. The lowest BCUT2D eigenvalue weighted by Crippen LogP contribution is -2.37. The average Bonchev–Trinajstić information content (AvgIpc) is 2.62. The third-order valence-electron chi connectivity index (χ3n) is 2.93. The van der Waals surface area contributed by atoms with E-state index in [1.54, 1.807) is 0 Å². The Hall–Kier alpha value is -0.340. The van der Waals surface area contributed by atoms with Gasteiger partial charge in [-0.2, -0.15) is 0 Å². The molecule has 1 N–H and O–H groups in total. The summed E-state index contributed by atoms with van der Waals surface area (Å²) in [6.07, 6.45) is 5.08. The van der Waals surface area contributed by atoms with Crippen LogP contribution in [0.1, 0.15) is 47.5 Å². The zero-order valence-electron chi connectivity index (χ0n) is 11.5. The standard InChI is InChI=1S/C14H27NO/c1-11(2)12(10-15-14(3,4)5)9-13-7-6-8-16-13/h9,11,13,15H,6-8,10H2,1-5H3/b12-9-. The molecule has 1 rings (SSSR count). The molecule has 0 saturated carbocycles. The number of nitrogens with one attached hydrogen (secondary N) is 1. The molecule has 1 atom stereocenters. The van der Waals surface area contributed by atoms with Gasteiger partial charge in [-0.25, -0.2) is 0 Å². The fraction of sp³-hybridized carbons (Fsp3) is 0.857. The van der Waals surface area contributed by atoms with Gasteiger partial charge in [-0.15, -0.1) is 0 Å². The van der Waals surface area contributed by atoms with E-state index in [2.05, 4.69) is 46.0 Å². The summed E-state index contributed by atoms with van der Waals surface area (Å²) in [6, 6.07) is 0. The first-order valence-electron chi connectivity index (χ1n) is 6.46. The molecule has 0 radical (unpaired) electrons. The van der Waals surface area contributed by atoms with Crippen molar-refractivity contribution in [2.75, 3.05) is 13.2 Å². The van der Waals surface area contributed by atoms with Gasteiger partial charge in [0.15, 0.2) is 0 Å². The number of hydrogen-bond donors (Lipinski definition) is 1. The zero-order chi connectivity index (χ0) is 12.2. The molecule has 1 aliphatic rings. The van der Waals surface area contributed by atoms with Crippen LogP contribution >= 0.6 is 0 Å². The van der Waals surface area contributed by atoms with Gasteiger partial charge in [0, 0.05) is 18.7 Å². The predicted octanol–water partition coefficient (Wildman–Crippen LogP) is 3.14. The van der Waals surface area contributed by atoms with Crippen molar-refractivity contribution in [3.63, 3.8) is 0 Å². The molecule has 2 nitrogen and oxygen atoms in total. The molecule has 0 amide bonds. The Morgan fingerprint density at radius 3 is 2.56 bits per heavy atom. The Labute approximate surface area is 100 Å². The lowest BCUT2D eigenvalue weighted by molar-refractivity contribution is 0.144. The first-order chi connectivity index (χ1) is 7.38. The van der Waals surface area contributed by atoms with Crippen molar-refractivity contribution in [2.45, 2.75) is 59.1 Å². The second-order valence-corrected chi connectivity index (χ2v) is 6.05. The molecule has 0 aromatic heterocycles. The van der Waals surface area contributed by atoms with Gasteiger partial charge in [0.25, 0.3) is 0 Å². The summed E-state index contributed by atoms with van der Waals surface area (Å²) in [6.45, 7) is 13.0. The number of rotatable bonds is 4. The molecular formula is C14H27NO. The van der Waals surface area contributed by atoms with Gasteiger partial charge in [0.2, 0.25) is 0 Å². The van der Waals surface area contributed by atoms with Crippen molar-refractivity contribution in [3.8, 4) is 0 Å². The van der Waals surface area contributed by atoms with Crippen LogP contribution in [-0.2, 0) is 4.74 Å². The number of hydrogen-bond acceptors (Lipinski definition) is 2. The Morgan fingerprint density at radius 2 is 2.12 bits per heavy atom. The first kappa shape index (κ1) is 13.7. The molecule has 0 aromatic rings. The normalized spacial score (nSPS) is 23.1. The van der Waals surface area contributed by atoms with Gasteiger partial charge in [-0.3, -0.25) is 0 Å². The smallest absolute Gasteiger partial charge is 0.0759 e. The van der Waals surface area contributed by atoms with Crippen LogP contribution in [0.5, 0.6) is 0 Å². The van der Waals surface area contributed by atoms with E-state index in [1.165, 1.54) is 18.4 Å². The van der Waals surface area contributed by atoms with Crippen LogP contribution in [-0.4, -0.2) is 24.8 Å². The quantitative estimate of drug-likeness (QED) is 0.742. The molecule has 1 heterocycles. The summed E-state index contributed by atoms with van der Waals surface area (Å²) >= 11 is 0. The van der Waals surface area contributed by atoms with E-state index in [9.17, 15) is 0 Å². The average molecular weight is 225 g/mol. The Morgan fingerprint density at radius 1 is 1.44 bits per heavy atom. The second kappa shape index (κ2) is 5.83. The van der Waals surface area contributed by atoms with Crippen LogP contribution in [0, 0.1) is 5.92 Å². The minimum Gasteiger partial charge on any atom is -0.374 e. The summed E-state index contributed by atoms with van der Waals surface area (Å²) < 4.78 is 5.66. The maximum Gasteiger partial charge on any atom is 0.0759 e. The summed E-state index contributed by atoms with van der Waals surface area (Å²) in [5.41, 5.74) is 1.66. The maximum absolute atomic E-state index is 5.66. The van der Waals surface area contributed by atoms with Crippen LogP contribution in [0.15, 0.2) is 11.6 Å². The highest BCUT2D eigenvalue weighted by Gasteiger charge is 2.16. The third kappa shape index (κ3) is 5.13. The van der Waals surface area contributed by atoms with E-state index in [1.807, 2.05) is 0 Å². The van der Waals surface area contributed by atoms with E-state index in [0.717, 1.165) is 13.2 Å². The maximum atomic E-state index is 5.66. The summed E-state index contributed by atoms with van der Waals surface area (Å²) in [5, 5.41) is 3.55. The molecule has 1 unspecified atom stereocenters. The van der Waals surface area contributed by atoms with E-state index < -0.39 is 0 Å². The molecule has 94 valence electrons. The lowest BCUT2D eigenvalue weighted by atomic mass is 9.99. The Kier molecular flexibility index (Phi) is 5.00. The van der Waals surface area contributed by atoms with E-state index >= 15 is 0 Å². The molecule has 1 aliphatic heterocycles. The minimum atomic E-state index is 0.185. The van der Waals surface area contributed by atoms with Crippen LogP contribution in [0.4, 0.5) is 0 Å². The Bertz CT molecular complexity index is 232. The van der Waals surface area contributed by atoms with Gasteiger partial charge in [0.1, 0.15) is 0 Å². The van der Waals surface area contributed by atoms with Crippen molar-refractivity contribution in [2.24, 2.45) is 5.92 Å². The monoisotopic (exact) mass is 225 g/mol. The van der Waals surface area contributed by atoms with Gasteiger partial charge < -0.3 is 10.1 Å². The third-order valence-corrected chi connectivity index (χ3v) is 2.93. The van der Waals surface area contributed by atoms with E-state index in [-0.39, 0.29) is 5.54 Å².